The Kier molecular flexibility index (Phi) is 3.65. The number of nitrogens with zero attached hydrogens (tertiary/aromatic N) is 1. The summed E-state index contributed by atoms with van der Waals surface area (Å²) in [5.74, 6) is 0. The molecule has 1 heterocycles. The molecule has 0 aliphatic rings. The number of pyridine rings is 1. The van der Waals surface area contributed by atoms with Gasteiger partial charge in [-0.15, -0.1) is 0 Å². The minimum atomic E-state index is 0.456. The molecule has 21 heavy (non-hydrogen) atoms. The van der Waals surface area contributed by atoms with Crippen molar-refractivity contribution in [2.75, 3.05) is 5.32 Å². The minimum Gasteiger partial charge on any atom is -0.355 e. The van der Waals surface area contributed by atoms with Crippen LogP contribution in [0.1, 0.15) is 11.3 Å². The Morgan fingerprint density at radius 2 is 1.86 bits per heavy atom. The summed E-state index contributed by atoms with van der Waals surface area (Å²) in [4.78, 5) is 15.0. The molecule has 0 fully saturated rings. The molecule has 0 aliphatic carbocycles. The predicted octanol–water partition coefficient (Wildman–Crippen LogP) is 4.03. The van der Waals surface area contributed by atoms with E-state index in [9.17, 15) is 4.79 Å². The normalized spacial score (nSPS) is 10.5. The molecule has 0 unspecified atom stereocenters. The van der Waals surface area contributed by atoms with Crippen LogP contribution in [0.15, 0.2) is 54.6 Å². The van der Waals surface area contributed by atoms with E-state index in [0.717, 1.165) is 39.8 Å². The van der Waals surface area contributed by atoms with Crippen molar-refractivity contribution in [3.8, 4) is 0 Å². The topological polar surface area (TPSA) is 42.0 Å². The average molecular weight is 276 g/mol. The Hall–Kier alpha value is -2.68. The van der Waals surface area contributed by atoms with Gasteiger partial charge in [0, 0.05) is 28.9 Å². The van der Waals surface area contributed by atoms with Gasteiger partial charge in [0.25, 0.3) is 0 Å². The maximum Gasteiger partial charge on any atom is 0.124 e. The van der Waals surface area contributed by atoms with Crippen molar-refractivity contribution in [1.29, 1.82) is 0 Å². The molecule has 0 amide bonds. The highest BCUT2D eigenvalue weighted by Crippen LogP contribution is 2.26. The van der Waals surface area contributed by atoms with Gasteiger partial charge in [0.2, 0.25) is 0 Å². The fraction of sp³-hybridized carbons (Fsp3) is 0.111. The second-order valence-corrected chi connectivity index (χ2v) is 5.02. The number of rotatable bonds is 4. The summed E-state index contributed by atoms with van der Waals surface area (Å²) in [5, 5.41) is 4.53. The molecule has 3 rings (SSSR count). The summed E-state index contributed by atoms with van der Waals surface area (Å²) < 4.78 is 0. The number of fused-ring (bicyclic) bond motifs is 1. The van der Waals surface area contributed by atoms with Crippen LogP contribution in [0.3, 0.4) is 0 Å². The van der Waals surface area contributed by atoms with Crippen molar-refractivity contribution in [3.63, 3.8) is 0 Å². The Bertz CT molecular complexity index is 779. The van der Waals surface area contributed by atoms with Gasteiger partial charge in [0.05, 0.1) is 5.52 Å². The lowest BCUT2D eigenvalue weighted by Crippen LogP contribution is -1.95. The number of para-hydroxylation sites is 1. The number of hydrogen-bond donors (Lipinski definition) is 1. The molecule has 0 atom stereocenters. The van der Waals surface area contributed by atoms with Crippen LogP contribution in [0.2, 0.25) is 0 Å². The van der Waals surface area contributed by atoms with Crippen LogP contribution in [0.5, 0.6) is 0 Å². The second kappa shape index (κ2) is 5.75. The molecule has 3 heteroatoms. The fourth-order valence-corrected chi connectivity index (χ4v) is 2.39. The number of hydrogen-bond acceptors (Lipinski definition) is 3. The van der Waals surface area contributed by atoms with Gasteiger partial charge in [-0.25, -0.2) is 0 Å². The molecular weight excluding hydrogens is 260 g/mol. The molecular formula is C18H16N2O. The number of aldehydes is 1. The summed E-state index contributed by atoms with van der Waals surface area (Å²) in [7, 11) is 0. The van der Waals surface area contributed by atoms with Crippen LogP contribution < -0.4 is 5.32 Å². The maximum atomic E-state index is 10.5. The van der Waals surface area contributed by atoms with Crippen LogP contribution in [0, 0.1) is 6.92 Å². The van der Waals surface area contributed by atoms with Gasteiger partial charge < -0.3 is 10.1 Å². The monoisotopic (exact) mass is 276 g/mol. The molecule has 0 radical (unpaired) electrons. The molecule has 0 spiro atoms. The summed E-state index contributed by atoms with van der Waals surface area (Å²) in [5.41, 5.74) is 5.03. The standard InChI is InChI=1S/C18H16N2O/c1-13-12-18(16-4-2-3-5-17(16)19-13)20-15-8-6-14(7-9-15)10-11-21/h2-9,11-12H,10H2,1H3,(H,19,20). The third kappa shape index (κ3) is 2.92. The van der Waals surface area contributed by atoms with E-state index in [4.69, 9.17) is 0 Å². The number of nitrogens with one attached hydrogen (secondary N) is 1. The Labute approximate surface area is 123 Å². The van der Waals surface area contributed by atoms with E-state index in [2.05, 4.69) is 16.4 Å². The summed E-state index contributed by atoms with van der Waals surface area (Å²) >= 11 is 0. The SMILES string of the molecule is Cc1cc(Nc2ccc(CC=O)cc2)c2ccccc2n1. The molecule has 3 nitrogen and oxygen atoms in total. The van der Waals surface area contributed by atoms with Crippen molar-refractivity contribution in [2.45, 2.75) is 13.3 Å². The maximum absolute atomic E-state index is 10.5. The number of carbonyl (C=O) groups excluding carboxylic acids is 1. The van der Waals surface area contributed by atoms with Crippen molar-refractivity contribution < 1.29 is 4.79 Å². The van der Waals surface area contributed by atoms with Gasteiger partial charge in [-0.05, 0) is 36.8 Å². The number of anilines is 2. The van der Waals surface area contributed by atoms with Gasteiger partial charge in [0.15, 0.2) is 0 Å². The largest absolute Gasteiger partial charge is 0.355 e. The third-order valence-corrected chi connectivity index (χ3v) is 3.40. The summed E-state index contributed by atoms with van der Waals surface area (Å²) in [6.07, 6.45) is 1.37. The fourth-order valence-electron chi connectivity index (χ4n) is 2.39. The molecule has 0 saturated heterocycles. The van der Waals surface area contributed by atoms with E-state index in [-0.39, 0.29) is 0 Å². The first kappa shape index (κ1) is 13.3. The van der Waals surface area contributed by atoms with Gasteiger partial charge >= 0.3 is 0 Å². The average Bonchev–Trinajstić information content (AvgIpc) is 2.49. The summed E-state index contributed by atoms with van der Waals surface area (Å²) in [6.45, 7) is 1.99. The van der Waals surface area contributed by atoms with Crippen molar-refractivity contribution in [1.82, 2.24) is 4.98 Å². The first-order valence-electron chi connectivity index (χ1n) is 6.92. The van der Waals surface area contributed by atoms with Crippen LogP contribution in [0.25, 0.3) is 10.9 Å². The first-order chi connectivity index (χ1) is 10.3. The Morgan fingerprint density at radius 3 is 2.62 bits per heavy atom. The van der Waals surface area contributed by atoms with Crippen LogP contribution in [0.4, 0.5) is 11.4 Å². The molecule has 0 bridgehead atoms. The highest BCUT2D eigenvalue weighted by atomic mass is 16.1. The van der Waals surface area contributed by atoms with Crippen molar-refractivity contribution >= 4 is 28.6 Å². The zero-order valence-corrected chi connectivity index (χ0v) is 11.8. The van der Waals surface area contributed by atoms with Crippen LogP contribution >= 0.6 is 0 Å². The Morgan fingerprint density at radius 1 is 1.10 bits per heavy atom. The van der Waals surface area contributed by atoms with Crippen molar-refractivity contribution in [3.05, 3.63) is 65.9 Å². The van der Waals surface area contributed by atoms with Gasteiger partial charge in [-0.2, -0.15) is 0 Å². The number of aromatic nitrogens is 1. The van der Waals surface area contributed by atoms with E-state index in [1.54, 1.807) is 0 Å². The predicted molar refractivity (Wildman–Crippen MR) is 86.0 cm³/mol. The number of aryl methyl sites for hydroxylation is 1. The minimum absolute atomic E-state index is 0.456. The highest BCUT2D eigenvalue weighted by Gasteiger charge is 2.04. The molecule has 0 saturated carbocycles. The lowest BCUT2D eigenvalue weighted by Gasteiger charge is -2.11. The third-order valence-electron chi connectivity index (χ3n) is 3.40. The Balaban J connectivity index is 1.95. The van der Waals surface area contributed by atoms with E-state index in [0.29, 0.717) is 6.42 Å². The first-order valence-corrected chi connectivity index (χ1v) is 6.92. The van der Waals surface area contributed by atoms with Gasteiger partial charge in [0.1, 0.15) is 6.29 Å². The van der Waals surface area contributed by atoms with E-state index < -0.39 is 0 Å². The smallest absolute Gasteiger partial charge is 0.124 e. The lowest BCUT2D eigenvalue weighted by atomic mass is 10.1. The molecule has 104 valence electrons. The zero-order valence-electron chi connectivity index (χ0n) is 11.8. The quantitative estimate of drug-likeness (QED) is 0.731. The number of carbonyl (C=O) groups is 1. The zero-order chi connectivity index (χ0) is 14.7. The second-order valence-electron chi connectivity index (χ2n) is 5.02. The van der Waals surface area contributed by atoms with Crippen LogP contribution in [-0.2, 0) is 11.2 Å². The van der Waals surface area contributed by atoms with Crippen LogP contribution in [-0.4, -0.2) is 11.3 Å². The lowest BCUT2D eigenvalue weighted by molar-refractivity contribution is -0.107. The molecule has 2 aromatic carbocycles. The molecule has 0 aliphatic heterocycles. The highest BCUT2D eigenvalue weighted by molar-refractivity contribution is 5.93. The number of benzene rings is 2. The van der Waals surface area contributed by atoms with Gasteiger partial charge in [-0.1, -0.05) is 30.3 Å². The van der Waals surface area contributed by atoms with E-state index >= 15 is 0 Å². The molecule has 3 aromatic rings. The summed E-state index contributed by atoms with van der Waals surface area (Å²) in [6, 6.07) is 18.0. The van der Waals surface area contributed by atoms with Gasteiger partial charge in [-0.3, -0.25) is 4.98 Å². The van der Waals surface area contributed by atoms with E-state index in [1.165, 1.54) is 0 Å². The van der Waals surface area contributed by atoms with E-state index in [1.807, 2.05) is 55.5 Å². The molecule has 1 aromatic heterocycles. The molecule has 1 N–H and O–H groups in total. The van der Waals surface area contributed by atoms with Crippen molar-refractivity contribution in [2.24, 2.45) is 0 Å².